The van der Waals surface area contributed by atoms with Crippen LogP contribution < -0.4 is 0 Å². The Hall–Kier alpha value is -1.44. The van der Waals surface area contributed by atoms with Gasteiger partial charge in [0.05, 0.1) is 10.3 Å². The zero-order valence-corrected chi connectivity index (χ0v) is 16.7. The highest BCUT2D eigenvalue weighted by Gasteiger charge is 2.51. The van der Waals surface area contributed by atoms with Crippen LogP contribution in [0.4, 0.5) is 0 Å². The van der Waals surface area contributed by atoms with Crippen molar-refractivity contribution in [1.82, 2.24) is 9.21 Å². The van der Waals surface area contributed by atoms with Crippen molar-refractivity contribution >= 4 is 16.0 Å². The van der Waals surface area contributed by atoms with Crippen LogP contribution in [0.1, 0.15) is 37.7 Å². The lowest BCUT2D eigenvalue weighted by atomic mass is 9.76. The number of carbonyl (C=O) groups excluding carboxylic acids is 1. The molecular formula is C20H28N2O4S. The minimum atomic E-state index is -3.51. The zero-order valence-electron chi connectivity index (χ0n) is 15.9. The number of nitrogens with zero attached hydrogens (tertiary/aromatic N) is 2. The lowest BCUT2D eigenvalue weighted by Crippen LogP contribution is -2.45. The van der Waals surface area contributed by atoms with E-state index in [1.54, 1.807) is 18.2 Å². The van der Waals surface area contributed by atoms with E-state index in [4.69, 9.17) is 4.74 Å². The maximum absolute atomic E-state index is 12.9. The van der Waals surface area contributed by atoms with Crippen LogP contribution in [0, 0.1) is 12.3 Å². The van der Waals surface area contributed by atoms with Gasteiger partial charge >= 0.3 is 5.97 Å². The van der Waals surface area contributed by atoms with E-state index in [1.807, 2.05) is 13.0 Å². The molecule has 0 aromatic heterocycles. The molecule has 1 aromatic carbocycles. The number of ether oxygens (including phenoxy) is 1. The number of rotatable bonds is 4. The lowest BCUT2D eigenvalue weighted by molar-refractivity contribution is -0.150. The van der Waals surface area contributed by atoms with E-state index in [0.29, 0.717) is 30.8 Å². The second kappa shape index (κ2) is 7.18. The van der Waals surface area contributed by atoms with E-state index >= 15 is 0 Å². The summed E-state index contributed by atoms with van der Waals surface area (Å²) in [5.74, 6) is -0.126. The monoisotopic (exact) mass is 392 g/mol. The SMILES string of the molecule is Cc1cccc(S(=O)(=O)N2CCC3(CC2)CC(CN2CCCC2)OC3=O)c1. The first-order valence-electron chi connectivity index (χ1n) is 9.89. The van der Waals surface area contributed by atoms with Crippen LogP contribution in [0.2, 0.25) is 0 Å². The molecule has 1 unspecified atom stereocenters. The summed E-state index contributed by atoms with van der Waals surface area (Å²) in [7, 11) is -3.51. The number of likely N-dealkylation sites (tertiary alicyclic amines) is 1. The van der Waals surface area contributed by atoms with Gasteiger partial charge in [-0.25, -0.2) is 8.42 Å². The van der Waals surface area contributed by atoms with Crippen molar-refractivity contribution in [1.29, 1.82) is 0 Å². The third-order valence-corrected chi connectivity index (χ3v) is 8.19. The molecular weight excluding hydrogens is 364 g/mol. The molecule has 0 amide bonds. The van der Waals surface area contributed by atoms with Gasteiger partial charge in [-0.1, -0.05) is 12.1 Å². The van der Waals surface area contributed by atoms with Crippen LogP contribution in [0.3, 0.4) is 0 Å². The second-order valence-corrected chi connectivity index (χ2v) is 10.2. The molecule has 4 rings (SSSR count). The standard InChI is InChI=1S/C20H28N2O4S/c1-16-5-4-6-18(13-16)27(24,25)22-11-7-20(8-12-22)14-17(26-19(20)23)15-21-9-2-3-10-21/h4-6,13,17H,2-3,7-12,14-15H2,1H3. The largest absolute Gasteiger partial charge is 0.461 e. The van der Waals surface area contributed by atoms with Gasteiger partial charge < -0.3 is 4.74 Å². The van der Waals surface area contributed by atoms with Gasteiger partial charge in [0.2, 0.25) is 10.0 Å². The fraction of sp³-hybridized carbons (Fsp3) is 0.650. The topological polar surface area (TPSA) is 66.9 Å². The molecule has 3 heterocycles. The van der Waals surface area contributed by atoms with Gasteiger partial charge in [0.25, 0.3) is 0 Å². The third-order valence-electron chi connectivity index (χ3n) is 6.29. The molecule has 148 valence electrons. The average Bonchev–Trinajstić information content (AvgIpc) is 3.24. The molecule has 0 N–H and O–H groups in total. The van der Waals surface area contributed by atoms with Crippen LogP contribution in [-0.4, -0.2) is 62.4 Å². The van der Waals surface area contributed by atoms with E-state index in [1.165, 1.54) is 17.1 Å². The van der Waals surface area contributed by atoms with Crippen molar-refractivity contribution < 1.29 is 17.9 Å². The summed E-state index contributed by atoms with van der Waals surface area (Å²) >= 11 is 0. The van der Waals surface area contributed by atoms with Crippen LogP contribution in [-0.2, 0) is 19.6 Å². The number of piperidine rings is 1. The smallest absolute Gasteiger partial charge is 0.312 e. The molecule has 3 aliphatic rings. The van der Waals surface area contributed by atoms with Crippen molar-refractivity contribution in [3.63, 3.8) is 0 Å². The van der Waals surface area contributed by atoms with Crippen molar-refractivity contribution in [3.8, 4) is 0 Å². The summed E-state index contributed by atoms with van der Waals surface area (Å²) in [4.78, 5) is 15.3. The summed E-state index contributed by atoms with van der Waals surface area (Å²) in [6.07, 6.45) is 4.21. The molecule has 3 saturated heterocycles. The van der Waals surface area contributed by atoms with E-state index in [-0.39, 0.29) is 12.1 Å². The molecule has 0 radical (unpaired) electrons. The van der Waals surface area contributed by atoms with Crippen LogP contribution in [0.25, 0.3) is 0 Å². The van der Waals surface area contributed by atoms with Crippen molar-refractivity contribution in [2.24, 2.45) is 5.41 Å². The van der Waals surface area contributed by atoms with Gasteiger partial charge in [0.15, 0.2) is 0 Å². The number of sulfonamides is 1. The second-order valence-electron chi connectivity index (χ2n) is 8.24. The fourth-order valence-corrected chi connectivity index (χ4v) is 6.23. The molecule has 0 saturated carbocycles. The predicted octanol–water partition coefficient (Wildman–Crippen LogP) is 2.18. The van der Waals surface area contributed by atoms with E-state index < -0.39 is 15.4 Å². The lowest BCUT2D eigenvalue weighted by Gasteiger charge is -2.35. The Morgan fingerprint density at radius 1 is 1.15 bits per heavy atom. The molecule has 0 bridgehead atoms. The van der Waals surface area contributed by atoms with E-state index in [9.17, 15) is 13.2 Å². The van der Waals surface area contributed by atoms with Crippen LogP contribution >= 0.6 is 0 Å². The Bertz CT molecular complexity index is 809. The van der Waals surface area contributed by atoms with E-state index in [0.717, 1.165) is 31.6 Å². The number of esters is 1. The van der Waals surface area contributed by atoms with Gasteiger partial charge in [-0.15, -0.1) is 0 Å². The number of hydrogen-bond acceptors (Lipinski definition) is 5. The van der Waals surface area contributed by atoms with Gasteiger partial charge in [0, 0.05) is 26.1 Å². The molecule has 1 atom stereocenters. The van der Waals surface area contributed by atoms with Gasteiger partial charge in [-0.2, -0.15) is 4.31 Å². The number of aryl methyl sites for hydroxylation is 1. The minimum Gasteiger partial charge on any atom is -0.461 e. The minimum absolute atomic E-state index is 0.0458. The van der Waals surface area contributed by atoms with Crippen molar-refractivity contribution in [3.05, 3.63) is 29.8 Å². The molecule has 3 fully saturated rings. The summed E-state index contributed by atoms with van der Waals surface area (Å²) in [6, 6.07) is 7.00. The molecule has 7 heteroatoms. The molecule has 0 aliphatic carbocycles. The van der Waals surface area contributed by atoms with Gasteiger partial charge in [-0.05, 0) is 63.4 Å². The third kappa shape index (κ3) is 3.65. The highest BCUT2D eigenvalue weighted by molar-refractivity contribution is 7.89. The highest BCUT2D eigenvalue weighted by Crippen LogP contribution is 2.44. The first kappa shape index (κ1) is 18.9. The van der Waals surface area contributed by atoms with Crippen LogP contribution in [0.5, 0.6) is 0 Å². The van der Waals surface area contributed by atoms with Crippen LogP contribution in [0.15, 0.2) is 29.2 Å². The Kier molecular flexibility index (Phi) is 5.03. The average molecular weight is 393 g/mol. The Morgan fingerprint density at radius 3 is 2.52 bits per heavy atom. The summed E-state index contributed by atoms with van der Waals surface area (Å²) in [5.41, 5.74) is 0.428. The number of carbonyl (C=O) groups is 1. The molecule has 1 spiro atoms. The first-order chi connectivity index (χ1) is 12.9. The zero-order chi connectivity index (χ0) is 19.1. The molecule has 1 aromatic rings. The maximum Gasteiger partial charge on any atom is 0.312 e. The number of hydrogen-bond donors (Lipinski definition) is 0. The van der Waals surface area contributed by atoms with Crippen molar-refractivity contribution in [2.45, 2.75) is 50.0 Å². The predicted molar refractivity (Wildman–Crippen MR) is 102 cm³/mol. The first-order valence-corrected chi connectivity index (χ1v) is 11.3. The molecule has 6 nitrogen and oxygen atoms in total. The Labute approximate surface area is 161 Å². The summed E-state index contributed by atoms with van der Waals surface area (Å²) in [5, 5.41) is 0. The van der Waals surface area contributed by atoms with Gasteiger partial charge in [-0.3, -0.25) is 9.69 Å². The molecule has 27 heavy (non-hydrogen) atoms. The number of benzene rings is 1. The number of cyclic esters (lactones) is 1. The summed E-state index contributed by atoms with van der Waals surface area (Å²) in [6.45, 7) is 5.63. The quantitative estimate of drug-likeness (QED) is 0.735. The Morgan fingerprint density at radius 2 is 1.85 bits per heavy atom. The molecule has 3 aliphatic heterocycles. The van der Waals surface area contributed by atoms with Crippen molar-refractivity contribution in [2.75, 3.05) is 32.7 Å². The van der Waals surface area contributed by atoms with Gasteiger partial charge in [0.1, 0.15) is 6.10 Å². The fourth-order valence-electron chi connectivity index (χ4n) is 4.68. The maximum atomic E-state index is 12.9. The van der Waals surface area contributed by atoms with E-state index in [2.05, 4.69) is 4.90 Å². The highest BCUT2D eigenvalue weighted by atomic mass is 32.2. The normalized spacial score (nSPS) is 26.6. The summed E-state index contributed by atoms with van der Waals surface area (Å²) < 4.78 is 33.1. The Balaban J connectivity index is 1.41.